The van der Waals surface area contributed by atoms with Crippen molar-refractivity contribution in [3.63, 3.8) is 0 Å². The molecule has 7 nitrogen and oxygen atoms in total. The summed E-state index contributed by atoms with van der Waals surface area (Å²) in [5.74, 6) is 1.12. The molecule has 0 aliphatic heterocycles. The third-order valence-electron chi connectivity index (χ3n) is 4.29. The average molecular weight is 402 g/mol. The lowest BCUT2D eigenvalue weighted by atomic mass is 9.86. The third kappa shape index (κ3) is 7.88. The topological polar surface area (TPSA) is 95.5 Å². The number of nitrogens with zero attached hydrogens (tertiary/aromatic N) is 2. The molecule has 0 bridgehead atoms. The second kappa shape index (κ2) is 10.7. The Balaban J connectivity index is 1.73. The highest BCUT2D eigenvalue weighted by molar-refractivity contribution is 7.89. The monoisotopic (exact) mass is 401 g/mol. The fraction of sp³-hybridized carbons (Fsp3) is 0.647. The molecule has 0 aromatic carbocycles. The Hall–Kier alpha value is -1.38. The Morgan fingerprint density at radius 3 is 2.77 bits per heavy atom. The molecule has 1 aliphatic carbocycles. The highest BCUT2D eigenvalue weighted by atomic mass is 35.5. The number of guanidine groups is 1. The molecule has 1 aromatic heterocycles. The standard InChI is InChI=1S/C17H28ClN5O2S/c1-2-19-17(20-9-8-15-6-7-16(18)22-12-15)21-10-11-26(24,25)23-13-14-4-3-5-14/h6-7,12,14,23H,2-5,8-11,13H2,1H3,(H2,19,20,21). The summed E-state index contributed by atoms with van der Waals surface area (Å²) >= 11 is 5.77. The molecule has 26 heavy (non-hydrogen) atoms. The van der Waals surface area contributed by atoms with Gasteiger partial charge in [0.15, 0.2) is 5.96 Å². The van der Waals surface area contributed by atoms with Gasteiger partial charge in [-0.1, -0.05) is 24.1 Å². The van der Waals surface area contributed by atoms with Gasteiger partial charge in [0.2, 0.25) is 10.0 Å². The zero-order valence-corrected chi connectivity index (χ0v) is 16.7. The summed E-state index contributed by atoms with van der Waals surface area (Å²) in [6.07, 6.45) is 5.97. The lowest BCUT2D eigenvalue weighted by molar-refractivity contribution is 0.316. The van der Waals surface area contributed by atoms with E-state index in [9.17, 15) is 8.42 Å². The fourth-order valence-electron chi connectivity index (χ4n) is 2.51. The van der Waals surface area contributed by atoms with E-state index in [1.165, 1.54) is 6.42 Å². The van der Waals surface area contributed by atoms with Crippen molar-refractivity contribution in [1.82, 2.24) is 20.3 Å². The zero-order chi connectivity index (χ0) is 18.8. The van der Waals surface area contributed by atoms with E-state index in [0.717, 1.165) is 24.8 Å². The molecule has 0 amide bonds. The quantitative estimate of drug-likeness (QED) is 0.314. The van der Waals surface area contributed by atoms with Crippen molar-refractivity contribution in [2.75, 3.05) is 31.9 Å². The van der Waals surface area contributed by atoms with Crippen molar-refractivity contribution in [3.05, 3.63) is 29.0 Å². The fourth-order valence-corrected chi connectivity index (χ4v) is 3.59. The van der Waals surface area contributed by atoms with Crippen LogP contribution in [0.1, 0.15) is 31.7 Å². The molecule has 0 radical (unpaired) electrons. The minimum Gasteiger partial charge on any atom is -0.357 e. The van der Waals surface area contributed by atoms with E-state index in [1.807, 2.05) is 13.0 Å². The van der Waals surface area contributed by atoms with Gasteiger partial charge in [-0.15, -0.1) is 0 Å². The molecular formula is C17H28ClN5O2S. The van der Waals surface area contributed by atoms with E-state index in [-0.39, 0.29) is 12.3 Å². The normalized spacial score (nSPS) is 15.5. The van der Waals surface area contributed by atoms with Gasteiger partial charge in [0.25, 0.3) is 0 Å². The lowest BCUT2D eigenvalue weighted by Gasteiger charge is -2.25. The first-order chi connectivity index (χ1) is 12.5. The van der Waals surface area contributed by atoms with Crippen LogP contribution in [0.5, 0.6) is 0 Å². The van der Waals surface area contributed by atoms with Crippen LogP contribution in [0.25, 0.3) is 0 Å². The molecule has 0 atom stereocenters. The predicted octanol–water partition coefficient (Wildman–Crippen LogP) is 1.55. The first-order valence-corrected chi connectivity index (χ1v) is 11.1. The van der Waals surface area contributed by atoms with Gasteiger partial charge in [0.05, 0.1) is 12.3 Å². The van der Waals surface area contributed by atoms with Crippen LogP contribution in [0, 0.1) is 5.92 Å². The number of rotatable bonds is 10. The van der Waals surface area contributed by atoms with E-state index in [4.69, 9.17) is 11.6 Å². The van der Waals surface area contributed by atoms with Gasteiger partial charge >= 0.3 is 0 Å². The van der Waals surface area contributed by atoms with Crippen LogP contribution in [-0.2, 0) is 16.4 Å². The number of nitrogens with one attached hydrogen (secondary N) is 3. The van der Waals surface area contributed by atoms with Crippen LogP contribution in [0.3, 0.4) is 0 Å². The average Bonchev–Trinajstić information content (AvgIpc) is 2.55. The van der Waals surface area contributed by atoms with Gasteiger partial charge in [-0.25, -0.2) is 18.1 Å². The molecule has 1 saturated carbocycles. The minimum absolute atomic E-state index is 0.00258. The van der Waals surface area contributed by atoms with Crippen LogP contribution >= 0.6 is 11.6 Å². The van der Waals surface area contributed by atoms with Crippen molar-refractivity contribution < 1.29 is 8.42 Å². The first-order valence-electron chi connectivity index (χ1n) is 9.08. The summed E-state index contributed by atoms with van der Waals surface area (Å²) in [7, 11) is -3.26. The second-order valence-electron chi connectivity index (χ2n) is 6.39. The molecule has 146 valence electrons. The van der Waals surface area contributed by atoms with Gasteiger partial charge in [0, 0.05) is 25.8 Å². The number of pyridine rings is 1. The molecule has 1 aromatic rings. The van der Waals surface area contributed by atoms with E-state index in [2.05, 4.69) is 25.3 Å². The number of aliphatic imine (C=N–C) groups is 1. The predicted molar refractivity (Wildman–Crippen MR) is 106 cm³/mol. The SMILES string of the molecule is CCNC(=NCCS(=O)(=O)NCC1CCC1)NCCc1ccc(Cl)nc1. The minimum atomic E-state index is -3.26. The summed E-state index contributed by atoms with van der Waals surface area (Å²) < 4.78 is 26.7. The molecule has 0 spiro atoms. The smallest absolute Gasteiger partial charge is 0.213 e. The van der Waals surface area contributed by atoms with Gasteiger partial charge in [-0.2, -0.15) is 0 Å². The van der Waals surface area contributed by atoms with Gasteiger partial charge in [0.1, 0.15) is 5.15 Å². The van der Waals surface area contributed by atoms with Crippen LogP contribution in [0.15, 0.2) is 23.3 Å². The van der Waals surface area contributed by atoms with Crippen molar-refractivity contribution >= 4 is 27.6 Å². The molecule has 2 rings (SSSR count). The van der Waals surface area contributed by atoms with E-state index < -0.39 is 10.0 Å². The Morgan fingerprint density at radius 2 is 2.15 bits per heavy atom. The van der Waals surface area contributed by atoms with Crippen molar-refractivity contribution in [1.29, 1.82) is 0 Å². The van der Waals surface area contributed by atoms with Gasteiger partial charge in [-0.3, -0.25) is 4.99 Å². The molecule has 9 heteroatoms. The summed E-state index contributed by atoms with van der Waals surface area (Å²) in [4.78, 5) is 8.39. The highest BCUT2D eigenvalue weighted by Crippen LogP contribution is 2.25. The van der Waals surface area contributed by atoms with E-state index in [1.54, 1.807) is 12.3 Å². The van der Waals surface area contributed by atoms with E-state index in [0.29, 0.717) is 36.7 Å². The van der Waals surface area contributed by atoms with Crippen LogP contribution in [-0.4, -0.2) is 51.3 Å². The van der Waals surface area contributed by atoms with Gasteiger partial charge in [-0.05, 0) is 43.7 Å². The van der Waals surface area contributed by atoms with Crippen LogP contribution < -0.4 is 15.4 Å². The van der Waals surface area contributed by atoms with Crippen molar-refractivity contribution in [2.45, 2.75) is 32.6 Å². The number of hydrogen-bond donors (Lipinski definition) is 3. The van der Waals surface area contributed by atoms with Crippen molar-refractivity contribution in [2.24, 2.45) is 10.9 Å². The molecule has 0 unspecified atom stereocenters. The molecular weight excluding hydrogens is 374 g/mol. The molecule has 1 aliphatic rings. The largest absolute Gasteiger partial charge is 0.357 e. The summed E-state index contributed by atoms with van der Waals surface area (Å²) in [6, 6.07) is 3.69. The first kappa shape index (κ1) is 20.9. The summed E-state index contributed by atoms with van der Waals surface area (Å²) in [5.41, 5.74) is 1.07. The second-order valence-corrected chi connectivity index (χ2v) is 8.70. The Bertz CT molecular complexity index is 675. The maximum absolute atomic E-state index is 12.0. The highest BCUT2D eigenvalue weighted by Gasteiger charge is 2.19. The maximum atomic E-state index is 12.0. The molecule has 1 heterocycles. The Kier molecular flexibility index (Phi) is 8.61. The van der Waals surface area contributed by atoms with Gasteiger partial charge < -0.3 is 10.6 Å². The number of sulfonamides is 1. The number of halogens is 1. The number of aromatic nitrogens is 1. The zero-order valence-electron chi connectivity index (χ0n) is 15.2. The Morgan fingerprint density at radius 1 is 1.35 bits per heavy atom. The summed E-state index contributed by atoms with van der Waals surface area (Å²) in [6.45, 7) is 4.12. The van der Waals surface area contributed by atoms with Crippen LogP contribution in [0.2, 0.25) is 5.15 Å². The van der Waals surface area contributed by atoms with Crippen molar-refractivity contribution in [3.8, 4) is 0 Å². The number of hydrogen-bond acceptors (Lipinski definition) is 4. The molecule has 3 N–H and O–H groups in total. The molecule has 1 fully saturated rings. The third-order valence-corrected chi connectivity index (χ3v) is 5.84. The maximum Gasteiger partial charge on any atom is 0.213 e. The Labute approximate surface area is 161 Å². The lowest BCUT2D eigenvalue weighted by Crippen LogP contribution is -2.39. The van der Waals surface area contributed by atoms with E-state index >= 15 is 0 Å². The summed E-state index contributed by atoms with van der Waals surface area (Å²) in [5, 5.41) is 6.80. The molecule has 0 saturated heterocycles. The van der Waals surface area contributed by atoms with Crippen LogP contribution in [0.4, 0.5) is 0 Å².